The summed E-state index contributed by atoms with van der Waals surface area (Å²) in [6.45, 7) is 4.69. The van der Waals surface area contributed by atoms with Gasteiger partial charge in [0.2, 0.25) is 0 Å². The van der Waals surface area contributed by atoms with Crippen molar-refractivity contribution in [3.05, 3.63) is 0 Å². The van der Waals surface area contributed by atoms with E-state index in [1.54, 1.807) is 0 Å². The number of likely N-dealkylation sites (N-methyl/N-ethyl adjacent to an activating group) is 1. The molecule has 0 saturated carbocycles. The molecular weight excluding hydrogens is 262 g/mol. The smallest absolute Gasteiger partial charge is 0.102 e. The summed E-state index contributed by atoms with van der Waals surface area (Å²) in [6, 6.07) is 0. The SMILES string of the molecule is CCCCCCCCCCCCCC[N+](C)(C)CCO.[OH-]. The van der Waals surface area contributed by atoms with Crippen molar-refractivity contribution in [1.29, 1.82) is 0 Å². The second-order valence-electron chi connectivity index (χ2n) is 7.00. The summed E-state index contributed by atoms with van der Waals surface area (Å²) in [4.78, 5) is 0. The first-order chi connectivity index (χ1) is 9.62. The minimum atomic E-state index is 0. The lowest BCUT2D eigenvalue weighted by Gasteiger charge is -2.28. The number of quaternary nitrogens is 1. The molecule has 0 rings (SSSR count). The number of nitrogens with zero attached hydrogens (tertiary/aromatic N) is 1. The van der Waals surface area contributed by atoms with E-state index in [1.807, 2.05) is 0 Å². The first-order valence-corrected chi connectivity index (χ1v) is 9.05. The summed E-state index contributed by atoms with van der Waals surface area (Å²) >= 11 is 0. The maximum absolute atomic E-state index is 8.98. The molecule has 0 amide bonds. The van der Waals surface area contributed by atoms with Crippen molar-refractivity contribution >= 4 is 0 Å². The molecule has 0 spiro atoms. The Kier molecular flexibility index (Phi) is 17.9. The lowest BCUT2D eigenvalue weighted by Crippen LogP contribution is -2.42. The van der Waals surface area contributed by atoms with Crippen LogP contribution in [-0.2, 0) is 0 Å². The van der Waals surface area contributed by atoms with E-state index in [2.05, 4.69) is 21.0 Å². The van der Waals surface area contributed by atoms with Gasteiger partial charge in [-0.2, -0.15) is 0 Å². The molecule has 0 aromatic carbocycles. The molecule has 0 fully saturated rings. The molecule has 3 nitrogen and oxygen atoms in total. The van der Waals surface area contributed by atoms with Gasteiger partial charge in [-0.1, -0.05) is 71.1 Å². The van der Waals surface area contributed by atoms with Crippen LogP contribution in [-0.4, -0.2) is 48.9 Å². The third kappa shape index (κ3) is 17.8. The lowest BCUT2D eigenvalue weighted by atomic mass is 10.1. The van der Waals surface area contributed by atoms with Crippen molar-refractivity contribution in [1.82, 2.24) is 0 Å². The average Bonchev–Trinajstić information content (AvgIpc) is 2.40. The zero-order valence-corrected chi connectivity index (χ0v) is 14.9. The number of aliphatic hydroxyl groups is 1. The molecule has 0 aromatic rings. The summed E-state index contributed by atoms with van der Waals surface area (Å²) in [6.07, 6.45) is 16.9. The largest absolute Gasteiger partial charge is 0.870 e. The van der Waals surface area contributed by atoms with E-state index >= 15 is 0 Å². The van der Waals surface area contributed by atoms with Crippen molar-refractivity contribution in [3.8, 4) is 0 Å². The number of aliphatic hydroxyl groups excluding tert-OH is 1. The number of rotatable bonds is 15. The van der Waals surface area contributed by atoms with Crippen LogP contribution in [0.25, 0.3) is 0 Å². The molecule has 2 N–H and O–H groups in total. The van der Waals surface area contributed by atoms with Crippen LogP contribution < -0.4 is 0 Å². The van der Waals surface area contributed by atoms with Gasteiger partial charge in [-0.3, -0.25) is 0 Å². The molecule has 0 bridgehead atoms. The van der Waals surface area contributed by atoms with Crippen LogP contribution in [0.5, 0.6) is 0 Å². The van der Waals surface area contributed by atoms with Gasteiger partial charge in [0.1, 0.15) is 6.54 Å². The van der Waals surface area contributed by atoms with Crippen molar-refractivity contribution in [2.24, 2.45) is 0 Å². The highest BCUT2D eigenvalue weighted by Crippen LogP contribution is 2.12. The second kappa shape index (κ2) is 16.3. The van der Waals surface area contributed by atoms with Gasteiger partial charge in [0.15, 0.2) is 0 Å². The van der Waals surface area contributed by atoms with Crippen LogP contribution >= 0.6 is 0 Å². The Hall–Kier alpha value is -0.120. The molecule has 0 aliphatic carbocycles. The number of unbranched alkanes of at least 4 members (excludes halogenated alkanes) is 11. The summed E-state index contributed by atoms with van der Waals surface area (Å²) in [5.41, 5.74) is 0. The van der Waals surface area contributed by atoms with Crippen LogP contribution in [0.3, 0.4) is 0 Å². The van der Waals surface area contributed by atoms with Gasteiger partial charge in [-0.05, 0) is 12.8 Å². The normalized spacial score (nSPS) is 11.4. The van der Waals surface area contributed by atoms with Gasteiger partial charge in [0, 0.05) is 0 Å². The van der Waals surface area contributed by atoms with Crippen molar-refractivity contribution < 1.29 is 15.1 Å². The molecule has 0 atom stereocenters. The van der Waals surface area contributed by atoms with Crippen LogP contribution in [0.4, 0.5) is 0 Å². The Morgan fingerprint density at radius 1 is 0.619 bits per heavy atom. The highest BCUT2D eigenvalue weighted by atomic mass is 16.3. The summed E-state index contributed by atoms with van der Waals surface area (Å²) in [5.74, 6) is 0. The Balaban J connectivity index is 0. The highest BCUT2D eigenvalue weighted by molar-refractivity contribution is 4.48. The highest BCUT2D eigenvalue weighted by Gasteiger charge is 2.12. The molecule has 0 unspecified atom stereocenters. The van der Waals surface area contributed by atoms with Crippen molar-refractivity contribution in [2.45, 2.75) is 84.0 Å². The zero-order chi connectivity index (χ0) is 15.1. The average molecular weight is 304 g/mol. The number of hydrogen-bond donors (Lipinski definition) is 1. The van der Waals surface area contributed by atoms with Crippen LogP contribution in [0, 0.1) is 0 Å². The first kappa shape index (κ1) is 23.2. The van der Waals surface area contributed by atoms with Crippen molar-refractivity contribution in [2.75, 3.05) is 33.8 Å². The van der Waals surface area contributed by atoms with Gasteiger partial charge in [0.05, 0.1) is 27.2 Å². The minimum absolute atomic E-state index is 0. The van der Waals surface area contributed by atoms with Crippen molar-refractivity contribution in [3.63, 3.8) is 0 Å². The van der Waals surface area contributed by atoms with Crippen LogP contribution in [0.15, 0.2) is 0 Å². The quantitative estimate of drug-likeness (QED) is 0.355. The van der Waals surface area contributed by atoms with Gasteiger partial charge in [-0.25, -0.2) is 0 Å². The molecule has 0 aromatic heterocycles. The van der Waals surface area contributed by atoms with Gasteiger partial charge < -0.3 is 15.1 Å². The fraction of sp³-hybridized carbons (Fsp3) is 1.00. The van der Waals surface area contributed by atoms with Gasteiger partial charge in [-0.15, -0.1) is 0 Å². The van der Waals surface area contributed by atoms with E-state index in [0.29, 0.717) is 6.61 Å². The van der Waals surface area contributed by atoms with Gasteiger partial charge in [0.25, 0.3) is 0 Å². The van der Waals surface area contributed by atoms with Crippen LogP contribution in [0.2, 0.25) is 0 Å². The molecule has 0 saturated heterocycles. The minimum Gasteiger partial charge on any atom is -0.870 e. The topological polar surface area (TPSA) is 50.2 Å². The molecule has 21 heavy (non-hydrogen) atoms. The molecule has 130 valence electrons. The Labute approximate surface area is 133 Å². The standard InChI is InChI=1S/C18H40NO.H2O/c1-4-5-6-7-8-9-10-11-12-13-14-15-16-19(2,3)17-18-20;/h20H,4-18H2,1-3H3;1H2/q+1;/p-1. The molecule has 0 radical (unpaired) electrons. The fourth-order valence-corrected chi connectivity index (χ4v) is 2.76. The summed E-state index contributed by atoms with van der Waals surface area (Å²) in [5, 5.41) is 8.98. The van der Waals surface area contributed by atoms with E-state index in [-0.39, 0.29) is 5.48 Å². The number of hydrogen-bond acceptors (Lipinski definition) is 2. The Morgan fingerprint density at radius 3 is 1.38 bits per heavy atom. The predicted octanol–water partition coefficient (Wildman–Crippen LogP) is 4.58. The van der Waals surface area contributed by atoms with E-state index in [9.17, 15) is 0 Å². The third-order valence-electron chi connectivity index (χ3n) is 4.32. The van der Waals surface area contributed by atoms with E-state index in [4.69, 9.17) is 5.11 Å². The Bertz CT molecular complexity index is 196. The van der Waals surface area contributed by atoms with Gasteiger partial charge >= 0.3 is 0 Å². The molecule has 3 heteroatoms. The molecule has 0 aliphatic rings. The maximum atomic E-state index is 8.98. The molecular formula is C18H41NO2. The first-order valence-electron chi connectivity index (χ1n) is 9.05. The molecule has 0 heterocycles. The Morgan fingerprint density at radius 2 is 1.00 bits per heavy atom. The van der Waals surface area contributed by atoms with Crippen LogP contribution in [0.1, 0.15) is 84.0 Å². The predicted molar refractivity (Wildman–Crippen MR) is 91.9 cm³/mol. The third-order valence-corrected chi connectivity index (χ3v) is 4.32. The lowest BCUT2D eigenvalue weighted by molar-refractivity contribution is -0.890. The van der Waals surface area contributed by atoms with E-state index in [1.165, 1.54) is 83.6 Å². The summed E-state index contributed by atoms with van der Waals surface area (Å²) < 4.78 is 0.967. The molecule has 0 aliphatic heterocycles. The fourth-order valence-electron chi connectivity index (χ4n) is 2.76. The second-order valence-corrected chi connectivity index (χ2v) is 7.00. The zero-order valence-electron chi connectivity index (χ0n) is 14.9. The summed E-state index contributed by atoms with van der Waals surface area (Å²) in [7, 11) is 4.43. The monoisotopic (exact) mass is 303 g/mol. The van der Waals surface area contributed by atoms with E-state index in [0.717, 1.165) is 11.0 Å². The van der Waals surface area contributed by atoms with E-state index < -0.39 is 0 Å². The maximum Gasteiger partial charge on any atom is 0.102 e.